The molecule has 1 unspecified atom stereocenters. The molecule has 3 N–H and O–H groups in total. The number of phenolic OH excluding ortho intramolecular Hbond substituents is 1. The molecule has 0 fully saturated rings. The number of aliphatic hydroxyl groups is 2. The number of ether oxygens (including phenoxy) is 1. The summed E-state index contributed by atoms with van der Waals surface area (Å²) in [4.78, 5) is 0. The maximum atomic E-state index is 10.4. The van der Waals surface area contributed by atoms with Gasteiger partial charge in [-0.1, -0.05) is 49.4 Å². The number of para-hydroxylation sites is 1. The number of aliphatic hydroxyl groups excluding tert-OH is 2. The van der Waals surface area contributed by atoms with Crippen LogP contribution in [0.5, 0.6) is 5.75 Å². The number of hydrogen-bond acceptors (Lipinski definition) is 4. The van der Waals surface area contributed by atoms with E-state index in [2.05, 4.69) is 6.58 Å². The number of hydrogen-bond donors (Lipinski definition) is 3. The molecule has 132 valence electrons. The van der Waals surface area contributed by atoms with E-state index in [9.17, 15) is 10.2 Å². The lowest BCUT2D eigenvalue weighted by Crippen LogP contribution is -2.15. The Morgan fingerprint density at radius 3 is 2.62 bits per heavy atom. The average Bonchev–Trinajstić information content (AvgIpc) is 2.57. The molecular weight excluding hydrogens is 304 g/mol. The summed E-state index contributed by atoms with van der Waals surface area (Å²) in [6, 6.07) is 7.18. The maximum Gasteiger partial charge on any atom is 0.122 e. The highest BCUT2D eigenvalue weighted by Crippen LogP contribution is 2.24. The molecule has 0 amide bonds. The standard InChI is InChI=1S/C20H28O4/c1-4-16(13-17-7-5-6-8-19(17)22)9-10-20(23)18(11-12-21)15(2)14-24-3/h5-8,11,13,20-23H,2,4,9-10,12,14H2,1,3H3/b16-13+,18-11-. The number of rotatable bonds is 10. The van der Waals surface area contributed by atoms with Gasteiger partial charge in [0.25, 0.3) is 0 Å². The molecule has 24 heavy (non-hydrogen) atoms. The van der Waals surface area contributed by atoms with Gasteiger partial charge in [-0.2, -0.15) is 0 Å². The summed E-state index contributed by atoms with van der Waals surface area (Å²) in [5, 5.41) is 29.4. The molecular formula is C20H28O4. The van der Waals surface area contributed by atoms with Crippen LogP contribution in [0.4, 0.5) is 0 Å². The Kier molecular flexibility index (Phi) is 9.08. The van der Waals surface area contributed by atoms with E-state index in [4.69, 9.17) is 9.84 Å². The zero-order chi connectivity index (χ0) is 17.9. The normalized spacial score (nSPS) is 13.8. The summed E-state index contributed by atoms with van der Waals surface area (Å²) in [5.41, 5.74) is 3.20. The lowest BCUT2D eigenvalue weighted by Gasteiger charge is -2.18. The first kappa shape index (κ1) is 20.2. The van der Waals surface area contributed by atoms with Crippen LogP contribution < -0.4 is 0 Å². The smallest absolute Gasteiger partial charge is 0.122 e. The van der Waals surface area contributed by atoms with Crippen molar-refractivity contribution in [1.82, 2.24) is 0 Å². The van der Waals surface area contributed by atoms with Crippen molar-refractivity contribution in [3.63, 3.8) is 0 Å². The van der Waals surface area contributed by atoms with Gasteiger partial charge < -0.3 is 20.1 Å². The second kappa shape index (κ2) is 10.8. The topological polar surface area (TPSA) is 69.9 Å². The van der Waals surface area contributed by atoms with Crippen LogP contribution in [0.1, 0.15) is 31.7 Å². The third kappa shape index (κ3) is 6.32. The van der Waals surface area contributed by atoms with Gasteiger partial charge in [0, 0.05) is 12.7 Å². The number of allylic oxidation sites excluding steroid dienone is 1. The Morgan fingerprint density at radius 2 is 2.04 bits per heavy atom. The van der Waals surface area contributed by atoms with Crippen molar-refractivity contribution in [3.05, 3.63) is 59.2 Å². The summed E-state index contributed by atoms with van der Waals surface area (Å²) >= 11 is 0. The minimum absolute atomic E-state index is 0.149. The molecule has 0 radical (unpaired) electrons. The molecule has 0 heterocycles. The van der Waals surface area contributed by atoms with Gasteiger partial charge in [0.05, 0.1) is 19.3 Å². The van der Waals surface area contributed by atoms with Crippen LogP contribution in [-0.2, 0) is 4.74 Å². The van der Waals surface area contributed by atoms with E-state index in [0.29, 0.717) is 30.6 Å². The van der Waals surface area contributed by atoms with E-state index in [1.165, 1.54) is 0 Å². The predicted octanol–water partition coefficient (Wildman–Crippen LogP) is 3.45. The monoisotopic (exact) mass is 332 g/mol. The first-order valence-electron chi connectivity index (χ1n) is 8.16. The second-order valence-electron chi connectivity index (χ2n) is 5.65. The van der Waals surface area contributed by atoms with Crippen molar-refractivity contribution in [3.8, 4) is 5.75 Å². The van der Waals surface area contributed by atoms with Crippen molar-refractivity contribution in [2.45, 2.75) is 32.3 Å². The molecule has 0 aliphatic rings. The average molecular weight is 332 g/mol. The van der Waals surface area contributed by atoms with E-state index in [1.54, 1.807) is 25.3 Å². The Labute approximate surface area is 144 Å². The Morgan fingerprint density at radius 1 is 1.33 bits per heavy atom. The largest absolute Gasteiger partial charge is 0.507 e. The van der Waals surface area contributed by atoms with Crippen molar-refractivity contribution >= 4 is 6.08 Å². The van der Waals surface area contributed by atoms with Gasteiger partial charge in [-0.15, -0.1) is 0 Å². The first-order valence-corrected chi connectivity index (χ1v) is 8.16. The third-order valence-corrected chi connectivity index (χ3v) is 3.89. The van der Waals surface area contributed by atoms with Gasteiger partial charge in [0.2, 0.25) is 0 Å². The minimum Gasteiger partial charge on any atom is -0.507 e. The molecule has 0 saturated heterocycles. The van der Waals surface area contributed by atoms with Gasteiger partial charge in [-0.25, -0.2) is 0 Å². The molecule has 0 aliphatic carbocycles. The van der Waals surface area contributed by atoms with Crippen LogP contribution in [0.15, 0.2) is 53.6 Å². The van der Waals surface area contributed by atoms with Crippen LogP contribution in [-0.4, -0.2) is 41.7 Å². The fraction of sp³-hybridized carbons (Fsp3) is 0.400. The van der Waals surface area contributed by atoms with Crippen molar-refractivity contribution in [1.29, 1.82) is 0 Å². The van der Waals surface area contributed by atoms with Gasteiger partial charge in [0.1, 0.15) is 5.75 Å². The molecule has 4 nitrogen and oxygen atoms in total. The fourth-order valence-electron chi connectivity index (χ4n) is 2.53. The molecule has 0 bridgehead atoms. The van der Waals surface area contributed by atoms with E-state index in [-0.39, 0.29) is 12.4 Å². The molecule has 1 aromatic carbocycles. The third-order valence-electron chi connectivity index (χ3n) is 3.89. The molecule has 0 saturated carbocycles. The zero-order valence-corrected chi connectivity index (χ0v) is 14.5. The molecule has 1 atom stereocenters. The van der Waals surface area contributed by atoms with Gasteiger partial charge in [-0.05, 0) is 36.5 Å². The second-order valence-corrected chi connectivity index (χ2v) is 5.65. The van der Waals surface area contributed by atoms with Crippen LogP contribution in [0.3, 0.4) is 0 Å². The maximum absolute atomic E-state index is 10.4. The van der Waals surface area contributed by atoms with Crippen LogP contribution in [0.2, 0.25) is 0 Å². The Balaban J connectivity index is 2.78. The Hall–Kier alpha value is -1.88. The molecule has 1 rings (SSSR count). The fourth-order valence-corrected chi connectivity index (χ4v) is 2.53. The Bertz CT molecular complexity index is 587. The number of methoxy groups -OCH3 is 1. The molecule has 0 aromatic heterocycles. The predicted molar refractivity (Wildman–Crippen MR) is 97.8 cm³/mol. The SMILES string of the molecule is C=C(COC)/C(=C/CO)C(O)CC/C(=C/c1ccccc1O)CC. The summed E-state index contributed by atoms with van der Waals surface area (Å²) in [6.07, 6.45) is 4.86. The summed E-state index contributed by atoms with van der Waals surface area (Å²) in [6.45, 7) is 6.11. The summed E-state index contributed by atoms with van der Waals surface area (Å²) in [7, 11) is 1.57. The number of phenols is 1. The number of aromatic hydroxyl groups is 1. The van der Waals surface area contributed by atoms with Gasteiger partial charge in [-0.3, -0.25) is 0 Å². The zero-order valence-electron chi connectivity index (χ0n) is 14.5. The van der Waals surface area contributed by atoms with Crippen molar-refractivity contribution in [2.24, 2.45) is 0 Å². The van der Waals surface area contributed by atoms with Crippen LogP contribution in [0, 0.1) is 0 Å². The molecule has 0 spiro atoms. The van der Waals surface area contributed by atoms with Crippen LogP contribution in [0.25, 0.3) is 6.08 Å². The molecule has 4 heteroatoms. The number of benzene rings is 1. The van der Waals surface area contributed by atoms with Crippen molar-refractivity contribution < 1.29 is 20.1 Å². The van der Waals surface area contributed by atoms with E-state index in [0.717, 1.165) is 17.6 Å². The highest BCUT2D eigenvalue weighted by atomic mass is 16.5. The van der Waals surface area contributed by atoms with E-state index >= 15 is 0 Å². The van der Waals surface area contributed by atoms with Crippen molar-refractivity contribution in [2.75, 3.05) is 20.3 Å². The van der Waals surface area contributed by atoms with Gasteiger partial charge in [0.15, 0.2) is 0 Å². The highest BCUT2D eigenvalue weighted by molar-refractivity contribution is 5.59. The summed E-state index contributed by atoms with van der Waals surface area (Å²) in [5.74, 6) is 0.248. The minimum atomic E-state index is -0.709. The van der Waals surface area contributed by atoms with E-state index in [1.807, 2.05) is 25.1 Å². The summed E-state index contributed by atoms with van der Waals surface area (Å²) < 4.78 is 5.05. The van der Waals surface area contributed by atoms with Crippen LogP contribution >= 0.6 is 0 Å². The lowest BCUT2D eigenvalue weighted by atomic mass is 9.95. The molecule has 0 aliphatic heterocycles. The van der Waals surface area contributed by atoms with Gasteiger partial charge >= 0.3 is 0 Å². The first-order chi connectivity index (χ1) is 11.5. The highest BCUT2D eigenvalue weighted by Gasteiger charge is 2.14. The quantitative estimate of drug-likeness (QED) is 0.574. The van der Waals surface area contributed by atoms with E-state index < -0.39 is 6.10 Å². The lowest BCUT2D eigenvalue weighted by molar-refractivity contribution is 0.189. The molecule has 1 aromatic rings.